The van der Waals surface area contributed by atoms with E-state index in [0.29, 0.717) is 6.42 Å². The van der Waals surface area contributed by atoms with Crippen LogP contribution in [0, 0.1) is 6.92 Å². The number of anilines is 1. The van der Waals surface area contributed by atoms with Crippen LogP contribution in [0.1, 0.15) is 69.2 Å². The summed E-state index contributed by atoms with van der Waals surface area (Å²) in [6, 6.07) is 8.76. The van der Waals surface area contributed by atoms with Gasteiger partial charge < -0.3 is 5.11 Å². The first kappa shape index (κ1) is 24.8. The molecule has 2 N–H and O–H groups in total. The van der Waals surface area contributed by atoms with E-state index in [2.05, 4.69) is 74.2 Å². The van der Waals surface area contributed by atoms with Gasteiger partial charge in [-0.25, -0.2) is 20.4 Å². The van der Waals surface area contributed by atoms with Crippen molar-refractivity contribution < 1.29 is 5.11 Å². The minimum absolute atomic E-state index is 0.188. The third-order valence-electron chi connectivity index (χ3n) is 6.51. The summed E-state index contributed by atoms with van der Waals surface area (Å²) in [5.41, 5.74) is 10.1. The van der Waals surface area contributed by atoms with Gasteiger partial charge in [-0.2, -0.15) is 0 Å². The van der Waals surface area contributed by atoms with Crippen molar-refractivity contribution in [2.45, 2.75) is 65.5 Å². The number of hydrogen-bond donors (Lipinski definition) is 2. The Morgan fingerprint density at radius 2 is 2.00 bits per heavy atom. The molecule has 0 saturated carbocycles. The number of aliphatic imine (C=N–C) groups is 1. The highest BCUT2D eigenvalue weighted by Crippen LogP contribution is 2.39. The summed E-state index contributed by atoms with van der Waals surface area (Å²) < 4.78 is 0. The van der Waals surface area contributed by atoms with Crippen molar-refractivity contribution in [3.8, 4) is 11.3 Å². The third-order valence-corrected chi connectivity index (χ3v) is 6.51. The maximum Gasteiger partial charge on any atom is 0.158 e. The lowest BCUT2D eigenvalue weighted by molar-refractivity contribution is 0.0647. The molecule has 2 aliphatic rings. The van der Waals surface area contributed by atoms with E-state index in [-0.39, 0.29) is 12.0 Å². The number of nitrogens with one attached hydrogen (secondary N) is 1. The Hall–Kier alpha value is -3.28. The second-order valence-electron chi connectivity index (χ2n) is 10.1. The number of aliphatic hydroxyl groups is 1. The van der Waals surface area contributed by atoms with E-state index >= 15 is 0 Å². The Bertz CT molecular complexity index is 1240. The molecule has 0 bridgehead atoms. The molecule has 5 nitrogen and oxygen atoms in total. The largest absolute Gasteiger partial charge is 0.390 e. The highest BCUT2D eigenvalue weighted by molar-refractivity contribution is 5.98. The molecule has 4 rings (SSSR count). The minimum atomic E-state index is -0.703. The van der Waals surface area contributed by atoms with Crippen LogP contribution in [-0.4, -0.2) is 27.9 Å². The van der Waals surface area contributed by atoms with Crippen LogP contribution >= 0.6 is 0 Å². The van der Waals surface area contributed by atoms with Gasteiger partial charge in [0.1, 0.15) is 5.82 Å². The van der Waals surface area contributed by atoms with Crippen LogP contribution in [0.3, 0.4) is 0 Å². The van der Waals surface area contributed by atoms with E-state index < -0.39 is 5.60 Å². The molecule has 2 aliphatic heterocycles. The van der Waals surface area contributed by atoms with Crippen molar-refractivity contribution in [1.82, 2.24) is 10.4 Å². The molecule has 5 heteroatoms. The highest BCUT2D eigenvalue weighted by Gasteiger charge is 2.30. The second-order valence-corrected chi connectivity index (χ2v) is 10.1. The van der Waals surface area contributed by atoms with Crippen LogP contribution < -0.4 is 10.4 Å². The zero-order valence-electron chi connectivity index (χ0n) is 21.6. The molecular weight excluding hydrogens is 432 g/mol. The Balaban J connectivity index is 1.87. The van der Waals surface area contributed by atoms with Gasteiger partial charge in [-0.3, -0.25) is 0 Å². The Kier molecular flexibility index (Phi) is 6.93. The molecule has 1 aromatic carbocycles. The number of fused-ring (bicyclic) bond motifs is 3. The standard InChI is InChI=1S/C30H36N4O/c1-8-10-11-22(9-2)27-21(5)25-18-31-26-16-20(4)33-34(26)29(25)32-28(27)24-14-12-23(13-15-24)19(3)17-30(6,7)35/h8-16,18-20,33,35H,2,17H2,1,3-7H3. The minimum Gasteiger partial charge on any atom is -0.390 e. The molecule has 2 atom stereocenters. The van der Waals surface area contributed by atoms with Crippen LogP contribution in [0.2, 0.25) is 0 Å². The molecule has 0 spiro atoms. The Labute approximate surface area is 209 Å². The smallest absolute Gasteiger partial charge is 0.158 e. The van der Waals surface area contributed by atoms with Crippen LogP contribution in [0.25, 0.3) is 16.8 Å². The van der Waals surface area contributed by atoms with Crippen LogP contribution in [-0.2, 0) is 0 Å². The quantitative estimate of drug-likeness (QED) is 0.458. The predicted molar refractivity (Wildman–Crippen MR) is 147 cm³/mol. The molecule has 0 fully saturated rings. The number of pyridine rings is 1. The van der Waals surface area contributed by atoms with Gasteiger partial charge in [-0.05, 0) is 69.7 Å². The van der Waals surface area contributed by atoms with Crippen molar-refractivity contribution in [2.75, 3.05) is 5.01 Å². The monoisotopic (exact) mass is 468 g/mol. The Morgan fingerprint density at radius 1 is 1.29 bits per heavy atom. The highest BCUT2D eigenvalue weighted by atomic mass is 16.3. The van der Waals surface area contributed by atoms with Gasteiger partial charge in [0.2, 0.25) is 0 Å². The van der Waals surface area contributed by atoms with Crippen LogP contribution in [0.5, 0.6) is 0 Å². The summed E-state index contributed by atoms with van der Waals surface area (Å²) in [7, 11) is 0. The molecule has 0 radical (unpaired) electrons. The number of allylic oxidation sites excluding steroid dienone is 5. The number of benzene rings is 1. The van der Waals surface area contributed by atoms with Gasteiger partial charge in [-0.15, -0.1) is 0 Å². The third kappa shape index (κ3) is 5.07. The summed E-state index contributed by atoms with van der Waals surface area (Å²) >= 11 is 0. The van der Waals surface area contributed by atoms with E-state index in [1.165, 1.54) is 5.56 Å². The number of nitrogens with zero attached hydrogens (tertiary/aromatic N) is 3. The molecule has 35 heavy (non-hydrogen) atoms. The SMILES string of the molecule is C=CC(=CC=CC)c1c(-c2ccc(C(C)CC(C)(C)O)cc2)nc2c(c1C)C=NC1=CC(C)NN12. The second kappa shape index (κ2) is 9.76. The van der Waals surface area contributed by atoms with Crippen molar-refractivity contribution in [3.63, 3.8) is 0 Å². The molecule has 0 aliphatic carbocycles. The van der Waals surface area contributed by atoms with Gasteiger partial charge >= 0.3 is 0 Å². The van der Waals surface area contributed by atoms with Crippen molar-refractivity contribution >= 4 is 17.6 Å². The zero-order valence-corrected chi connectivity index (χ0v) is 21.6. The van der Waals surface area contributed by atoms with E-state index in [9.17, 15) is 5.11 Å². The average Bonchev–Trinajstić information content (AvgIpc) is 3.20. The first-order valence-electron chi connectivity index (χ1n) is 12.3. The summed E-state index contributed by atoms with van der Waals surface area (Å²) in [6.07, 6.45) is 12.7. The summed E-state index contributed by atoms with van der Waals surface area (Å²) in [5, 5.41) is 12.2. The fourth-order valence-electron chi connectivity index (χ4n) is 4.89. The first-order valence-corrected chi connectivity index (χ1v) is 12.3. The first-order chi connectivity index (χ1) is 16.6. The van der Waals surface area contributed by atoms with Crippen molar-refractivity contribution in [3.05, 3.63) is 89.3 Å². The average molecular weight is 469 g/mol. The molecule has 2 unspecified atom stereocenters. The molecule has 3 heterocycles. The predicted octanol–water partition coefficient (Wildman–Crippen LogP) is 6.45. The molecule has 0 amide bonds. The maximum atomic E-state index is 10.3. The van der Waals surface area contributed by atoms with Gasteiger partial charge in [0.05, 0.1) is 11.3 Å². The topological polar surface area (TPSA) is 60.8 Å². The lowest BCUT2D eigenvalue weighted by Gasteiger charge is -2.28. The van der Waals surface area contributed by atoms with E-state index in [1.54, 1.807) is 0 Å². The fourth-order valence-corrected chi connectivity index (χ4v) is 4.89. The number of hydrogen-bond acceptors (Lipinski definition) is 5. The van der Waals surface area contributed by atoms with Gasteiger partial charge in [0.25, 0.3) is 0 Å². The lowest BCUT2D eigenvalue weighted by atomic mass is 9.87. The van der Waals surface area contributed by atoms with Crippen molar-refractivity contribution in [2.24, 2.45) is 4.99 Å². The molecule has 1 aromatic heterocycles. The molecular formula is C30H36N4O. The van der Waals surface area contributed by atoms with E-state index in [4.69, 9.17) is 4.98 Å². The maximum absolute atomic E-state index is 10.3. The molecule has 0 saturated heterocycles. The molecule has 2 aromatic rings. The lowest BCUT2D eigenvalue weighted by Crippen LogP contribution is -2.38. The molecule has 182 valence electrons. The van der Waals surface area contributed by atoms with Gasteiger partial charge in [0.15, 0.2) is 5.82 Å². The van der Waals surface area contributed by atoms with Gasteiger partial charge in [-0.1, -0.05) is 62.1 Å². The Morgan fingerprint density at radius 3 is 2.63 bits per heavy atom. The number of rotatable bonds is 7. The summed E-state index contributed by atoms with van der Waals surface area (Å²) in [5.74, 6) is 1.99. The van der Waals surface area contributed by atoms with E-state index in [0.717, 1.165) is 45.2 Å². The number of hydrazine groups is 1. The summed E-state index contributed by atoms with van der Waals surface area (Å²) in [4.78, 5) is 9.89. The van der Waals surface area contributed by atoms with Gasteiger partial charge in [0, 0.05) is 28.9 Å². The van der Waals surface area contributed by atoms with Crippen LogP contribution in [0.15, 0.2) is 72.0 Å². The zero-order chi connectivity index (χ0) is 25.3. The summed E-state index contributed by atoms with van der Waals surface area (Å²) in [6.45, 7) is 16.2. The normalized spacial score (nSPS) is 18.5. The van der Waals surface area contributed by atoms with Crippen LogP contribution in [0.4, 0.5) is 5.82 Å². The fraction of sp³-hybridized carbons (Fsp3) is 0.333. The van der Waals surface area contributed by atoms with Crippen molar-refractivity contribution in [1.29, 1.82) is 0 Å². The van der Waals surface area contributed by atoms with E-state index in [1.807, 2.05) is 50.2 Å². The number of aromatic nitrogens is 1.